The van der Waals surface area contributed by atoms with E-state index in [-0.39, 0.29) is 23.3 Å². The van der Waals surface area contributed by atoms with Crippen LogP contribution >= 0.6 is 11.8 Å². The number of amides is 1. The Morgan fingerprint density at radius 1 is 1.28 bits per heavy atom. The second kappa shape index (κ2) is 8.05. The number of rotatable bonds is 4. The van der Waals surface area contributed by atoms with Crippen LogP contribution in [0.2, 0.25) is 0 Å². The molecular formula is C23H23FN6OS. The number of fused-ring (bicyclic) bond motifs is 1. The van der Waals surface area contributed by atoms with Crippen molar-refractivity contribution in [3.63, 3.8) is 0 Å². The Balaban J connectivity index is 1.39. The van der Waals surface area contributed by atoms with E-state index in [1.165, 1.54) is 17.8 Å². The van der Waals surface area contributed by atoms with E-state index in [9.17, 15) is 9.18 Å². The van der Waals surface area contributed by atoms with E-state index < -0.39 is 5.54 Å². The fourth-order valence-corrected chi connectivity index (χ4v) is 5.70. The van der Waals surface area contributed by atoms with Crippen LogP contribution in [0.15, 0.2) is 53.9 Å². The Labute approximate surface area is 189 Å². The monoisotopic (exact) mass is 450 g/mol. The van der Waals surface area contributed by atoms with Crippen LogP contribution in [0, 0.1) is 11.7 Å². The zero-order valence-corrected chi connectivity index (χ0v) is 18.4. The molecule has 0 unspecified atom stereocenters. The average molecular weight is 451 g/mol. The van der Waals surface area contributed by atoms with Gasteiger partial charge in [-0.3, -0.25) is 19.5 Å². The molecule has 2 aromatic heterocycles. The minimum atomic E-state index is -0.649. The van der Waals surface area contributed by atoms with Gasteiger partial charge in [0.1, 0.15) is 11.5 Å². The summed E-state index contributed by atoms with van der Waals surface area (Å²) in [6.45, 7) is 0. The summed E-state index contributed by atoms with van der Waals surface area (Å²) in [5.41, 5.74) is 8.45. The molecule has 7 nitrogen and oxygen atoms in total. The van der Waals surface area contributed by atoms with Gasteiger partial charge in [0.05, 0.1) is 11.7 Å². The number of carbonyl (C=O) groups is 1. The molecule has 1 aliphatic carbocycles. The van der Waals surface area contributed by atoms with Gasteiger partial charge in [-0.15, -0.1) is 0 Å². The SMILES string of the molecule is Cn1cc(-c2ccc(C(=O)Nc3ccc(F)c([C@]45CCC[C@H]4CSC(N)=N5)c3)nc2)cn1. The number of aryl methyl sites for hydroxylation is 1. The minimum Gasteiger partial charge on any atom is -0.379 e. The second-order valence-corrected chi connectivity index (χ2v) is 9.30. The molecule has 1 amide bonds. The maximum Gasteiger partial charge on any atom is 0.274 e. The number of hydrogen-bond acceptors (Lipinski definition) is 6. The summed E-state index contributed by atoms with van der Waals surface area (Å²) in [6.07, 6.45) is 7.99. The molecule has 3 heterocycles. The lowest BCUT2D eigenvalue weighted by Gasteiger charge is -2.36. The lowest BCUT2D eigenvalue weighted by molar-refractivity contribution is 0.102. The zero-order chi connectivity index (χ0) is 22.3. The number of pyridine rings is 1. The molecule has 2 aliphatic rings. The summed E-state index contributed by atoms with van der Waals surface area (Å²) >= 11 is 1.53. The van der Waals surface area contributed by atoms with Crippen LogP contribution in [0.1, 0.15) is 35.3 Å². The average Bonchev–Trinajstić information content (AvgIpc) is 3.41. The molecule has 1 saturated carbocycles. The van der Waals surface area contributed by atoms with E-state index in [2.05, 4.69) is 15.4 Å². The van der Waals surface area contributed by atoms with E-state index in [1.807, 2.05) is 19.3 Å². The molecule has 3 aromatic rings. The van der Waals surface area contributed by atoms with Crippen molar-refractivity contribution in [3.8, 4) is 11.1 Å². The van der Waals surface area contributed by atoms with Crippen LogP contribution in [-0.4, -0.2) is 31.6 Å². The number of benzene rings is 1. The lowest BCUT2D eigenvalue weighted by Crippen LogP contribution is -2.37. The quantitative estimate of drug-likeness (QED) is 0.628. The van der Waals surface area contributed by atoms with E-state index in [0.717, 1.165) is 36.1 Å². The molecule has 0 spiro atoms. The van der Waals surface area contributed by atoms with Crippen molar-refractivity contribution in [1.82, 2.24) is 14.8 Å². The van der Waals surface area contributed by atoms with Gasteiger partial charge < -0.3 is 11.1 Å². The van der Waals surface area contributed by atoms with Crippen molar-refractivity contribution >= 4 is 28.5 Å². The largest absolute Gasteiger partial charge is 0.379 e. The molecule has 0 bridgehead atoms. The Hall–Kier alpha value is -3.20. The second-order valence-electron chi connectivity index (χ2n) is 8.26. The van der Waals surface area contributed by atoms with Crippen molar-refractivity contribution in [2.24, 2.45) is 23.7 Å². The smallest absolute Gasteiger partial charge is 0.274 e. The molecule has 0 radical (unpaired) electrons. The zero-order valence-electron chi connectivity index (χ0n) is 17.6. The molecule has 1 aromatic carbocycles. The van der Waals surface area contributed by atoms with Crippen molar-refractivity contribution in [2.45, 2.75) is 24.8 Å². The molecule has 32 heavy (non-hydrogen) atoms. The Bertz CT molecular complexity index is 1210. The summed E-state index contributed by atoms with van der Waals surface area (Å²) in [4.78, 5) is 21.8. The molecule has 1 fully saturated rings. The normalized spacial score (nSPS) is 22.3. The summed E-state index contributed by atoms with van der Waals surface area (Å²) in [5, 5.41) is 7.49. The van der Waals surface area contributed by atoms with Crippen molar-refractivity contribution < 1.29 is 9.18 Å². The number of halogens is 1. The van der Waals surface area contributed by atoms with Gasteiger partial charge in [-0.2, -0.15) is 5.10 Å². The third-order valence-corrected chi connectivity index (χ3v) is 7.21. The molecule has 3 N–H and O–H groups in total. The highest BCUT2D eigenvalue weighted by Gasteiger charge is 2.48. The summed E-state index contributed by atoms with van der Waals surface area (Å²) in [7, 11) is 1.84. The topological polar surface area (TPSA) is 98.2 Å². The summed E-state index contributed by atoms with van der Waals surface area (Å²) in [5.74, 6) is 0.390. The Kier molecular flexibility index (Phi) is 5.21. The van der Waals surface area contributed by atoms with Crippen LogP contribution < -0.4 is 11.1 Å². The van der Waals surface area contributed by atoms with Crippen molar-refractivity contribution in [1.29, 1.82) is 0 Å². The van der Waals surface area contributed by atoms with E-state index >= 15 is 0 Å². The van der Waals surface area contributed by atoms with Gasteiger partial charge in [0.15, 0.2) is 5.17 Å². The van der Waals surface area contributed by atoms with Crippen LogP contribution in [0.3, 0.4) is 0 Å². The Morgan fingerprint density at radius 2 is 2.16 bits per heavy atom. The van der Waals surface area contributed by atoms with Crippen molar-refractivity contribution in [2.75, 3.05) is 11.1 Å². The van der Waals surface area contributed by atoms with Crippen LogP contribution in [0.25, 0.3) is 11.1 Å². The molecule has 2 atom stereocenters. The fourth-order valence-electron chi connectivity index (χ4n) is 4.66. The number of carbonyl (C=O) groups excluding carboxylic acids is 1. The van der Waals surface area contributed by atoms with E-state index in [0.29, 0.717) is 16.4 Å². The number of aromatic nitrogens is 3. The predicted molar refractivity (Wildman–Crippen MR) is 124 cm³/mol. The first-order valence-corrected chi connectivity index (χ1v) is 11.5. The first kappa shape index (κ1) is 20.7. The maximum atomic E-state index is 14.9. The number of hydrogen-bond donors (Lipinski definition) is 2. The molecule has 5 rings (SSSR count). The van der Waals surface area contributed by atoms with Crippen LogP contribution in [0.5, 0.6) is 0 Å². The third-order valence-electron chi connectivity index (χ3n) is 6.25. The number of amidine groups is 1. The molecule has 1 aliphatic heterocycles. The fraction of sp³-hybridized carbons (Fsp3) is 0.304. The van der Waals surface area contributed by atoms with Crippen molar-refractivity contribution in [3.05, 3.63) is 66.0 Å². The summed E-state index contributed by atoms with van der Waals surface area (Å²) < 4.78 is 16.6. The lowest BCUT2D eigenvalue weighted by atomic mass is 9.81. The standard InChI is InChI=1S/C23H23FN6OS/c1-30-12-15(11-27-30)14-4-7-20(26-10-14)21(31)28-17-5-6-19(24)18(9-17)23-8-2-3-16(23)13-32-22(25)29-23/h4-7,9-12,16H,2-3,8,13H2,1H3,(H2,25,29)(H,28,31)/t16-,23-/m0/s1. The highest BCUT2D eigenvalue weighted by molar-refractivity contribution is 8.13. The van der Waals surface area contributed by atoms with E-state index in [4.69, 9.17) is 10.7 Å². The maximum absolute atomic E-state index is 14.9. The van der Waals surface area contributed by atoms with Gasteiger partial charge in [-0.1, -0.05) is 24.2 Å². The van der Waals surface area contributed by atoms with Gasteiger partial charge in [-0.05, 0) is 43.0 Å². The van der Waals surface area contributed by atoms with Crippen LogP contribution in [0.4, 0.5) is 10.1 Å². The van der Waals surface area contributed by atoms with Gasteiger partial charge in [0.25, 0.3) is 5.91 Å². The van der Waals surface area contributed by atoms with Gasteiger partial charge >= 0.3 is 0 Å². The number of nitrogens with zero attached hydrogens (tertiary/aromatic N) is 4. The van der Waals surface area contributed by atoms with Gasteiger partial charge in [-0.25, -0.2) is 4.39 Å². The number of aliphatic imine (C=N–C) groups is 1. The third kappa shape index (κ3) is 3.66. The number of anilines is 1. The van der Waals surface area contributed by atoms with Gasteiger partial charge in [0, 0.05) is 47.6 Å². The van der Waals surface area contributed by atoms with Crippen LogP contribution in [-0.2, 0) is 12.6 Å². The first-order chi connectivity index (χ1) is 15.4. The minimum absolute atomic E-state index is 0.238. The molecule has 0 saturated heterocycles. The van der Waals surface area contributed by atoms with Gasteiger partial charge in [0.2, 0.25) is 0 Å². The highest BCUT2D eigenvalue weighted by atomic mass is 32.2. The number of thioether (sulfide) groups is 1. The molecule has 164 valence electrons. The van der Waals surface area contributed by atoms with E-state index in [1.54, 1.807) is 35.3 Å². The Morgan fingerprint density at radius 3 is 2.91 bits per heavy atom. The number of nitrogens with two attached hydrogens (primary N) is 1. The predicted octanol–water partition coefficient (Wildman–Crippen LogP) is 3.93. The molecular weight excluding hydrogens is 427 g/mol. The summed E-state index contributed by atoms with van der Waals surface area (Å²) in [6, 6.07) is 8.14. The number of nitrogens with one attached hydrogen (secondary N) is 1. The first-order valence-electron chi connectivity index (χ1n) is 10.5. The highest BCUT2D eigenvalue weighted by Crippen LogP contribution is 2.51. The molecule has 9 heteroatoms.